The third-order valence-electron chi connectivity index (χ3n) is 7.64. The Kier molecular flexibility index (Phi) is 11.0. The summed E-state index contributed by atoms with van der Waals surface area (Å²) in [7, 11) is -4.22. The average molecular weight is 660 g/mol. The summed E-state index contributed by atoms with van der Waals surface area (Å²) in [6.07, 6.45) is 0.237. The Balaban J connectivity index is 1.84. The lowest BCUT2D eigenvalue weighted by Gasteiger charge is -2.35. The largest absolute Gasteiger partial charge is 0.350 e. The number of aryl methyl sites for hydroxylation is 2. The molecule has 0 bridgehead atoms. The number of rotatable bonds is 11. The van der Waals surface area contributed by atoms with Gasteiger partial charge in [-0.25, -0.2) is 8.42 Å². The summed E-state index contributed by atoms with van der Waals surface area (Å²) >= 11 is 6.47. The van der Waals surface area contributed by atoms with E-state index in [1.807, 2.05) is 89.2 Å². The maximum absolute atomic E-state index is 14.6. The fourth-order valence-electron chi connectivity index (χ4n) is 5.11. The van der Waals surface area contributed by atoms with Gasteiger partial charge in [0.1, 0.15) is 12.6 Å². The SMILES string of the molecule is Cc1ccc(CN(C(=O)CN(c2cccc(Cl)c2C)S(=O)(=O)c2ccc(C)cc2)C(Cc2ccccc2)C(=O)NC(C)(C)C)cc1. The fraction of sp³-hybridized carbons (Fsp3) is 0.297. The fourth-order valence-corrected chi connectivity index (χ4v) is 6.76. The van der Waals surface area contributed by atoms with Crippen LogP contribution in [0.4, 0.5) is 5.69 Å². The zero-order valence-corrected chi connectivity index (χ0v) is 28.8. The normalized spacial score (nSPS) is 12.3. The van der Waals surface area contributed by atoms with E-state index in [2.05, 4.69) is 5.32 Å². The molecule has 7 nitrogen and oxygen atoms in total. The second-order valence-electron chi connectivity index (χ2n) is 12.7. The molecule has 0 radical (unpaired) electrons. The van der Waals surface area contributed by atoms with Gasteiger partial charge in [-0.3, -0.25) is 13.9 Å². The van der Waals surface area contributed by atoms with Gasteiger partial charge in [-0.05, 0) is 82.5 Å². The molecule has 0 heterocycles. The number of nitrogens with one attached hydrogen (secondary N) is 1. The molecule has 0 saturated heterocycles. The Bertz CT molecular complexity index is 1770. The van der Waals surface area contributed by atoms with Gasteiger partial charge < -0.3 is 10.2 Å². The second kappa shape index (κ2) is 14.5. The number of sulfonamides is 1. The zero-order valence-electron chi connectivity index (χ0n) is 27.2. The number of benzene rings is 4. The highest BCUT2D eigenvalue weighted by Gasteiger charge is 2.36. The van der Waals surface area contributed by atoms with Gasteiger partial charge in [0, 0.05) is 23.5 Å². The van der Waals surface area contributed by atoms with Crippen LogP contribution < -0.4 is 9.62 Å². The first kappa shape index (κ1) is 34.7. The topological polar surface area (TPSA) is 86.8 Å². The number of hydrogen-bond donors (Lipinski definition) is 1. The van der Waals surface area contributed by atoms with Gasteiger partial charge in [0.25, 0.3) is 10.0 Å². The predicted octanol–water partition coefficient (Wildman–Crippen LogP) is 7.02. The molecule has 0 fully saturated rings. The molecule has 0 aliphatic carbocycles. The van der Waals surface area contributed by atoms with Gasteiger partial charge in [0.05, 0.1) is 10.6 Å². The minimum absolute atomic E-state index is 0.0432. The van der Waals surface area contributed by atoms with Gasteiger partial charge in [-0.1, -0.05) is 95.5 Å². The monoisotopic (exact) mass is 659 g/mol. The van der Waals surface area contributed by atoms with Crippen molar-refractivity contribution < 1.29 is 18.0 Å². The summed E-state index contributed by atoms with van der Waals surface area (Å²) in [5, 5.41) is 3.42. The molecule has 4 aromatic rings. The Labute approximate surface area is 278 Å². The number of carbonyl (C=O) groups excluding carboxylic acids is 2. The Morgan fingerprint density at radius 2 is 1.37 bits per heavy atom. The van der Waals surface area contributed by atoms with Crippen LogP contribution in [-0.2, 0) is 32.6 Å². The van der Waals surface area contributed by atoms with E-state index in [1.54, 1.807) is 37.3 Å². The van der Waals surface area contributed by atoms with Gasteiger partial charge >= 0.3 is 0 Å². The molecular formula is C37H42ClN3O4S. The van der Waals surface area contributed by atoms with Crippen LogP contribution in [0.5, 0.6) is 0 Å². The molecule has 2 amide bonds. The average Bonchev–Trinajstić information content (AvgIpc) is 3.00. The molecule has 0 aliphatic heterocycles. The van der Waals surface area contributed by atoms with Gasteiger partial charge in [-0.2, -0.15) is 0 Å². The Morgan fingerprint density at radius 3 is 1.96 bits per heavy atom. The van der Waals surface area contributed by atoms with Crippen LogP contribution in [0.2, 0.25) is 5.02 Å². The van der Waals surface area contributed by atoms with Gasteiger partial charge in [0.15, 0.2) is 0 Å². The van der Waals surface area contributed by atoms with E-state index in [4.69, 9.17) is 11.6 Å². The highest BCUT2D eigenvalue weighted by molar-refractivity contribution is 7.92. The molecule has 0 saturated carbocycles. The maximum Gasteiger partial charge on any atom is 0.264 e. The first-order valence-electron chi connectivity index (χ1n) is 15.2. The van der Waals surface area contributed by atoms with Gasteiger partial charge in [-0.15, -0.1) is 0 Å². The van der Waals surface area contributed by atoms with Crippen LogP contribution in [0.25, 0.3) is 0 Å². The van der Waals surface area contributed by atoms with Crippen molar-refractivity contribution in [2.75, 3.05) is 10.8 Å². The molecule has 1 N–H and O–H groups in total. The van der Waals surface area contributed by atoms with E-state index in [-0.39, 0.29) is 29.5 Å². The number of hydrogen-bond acceptors (Lipinski definition) is 4. The Morgan fingerprint density at radius 1 is 0.783 bits per heavy atom. The molecular weight excluding hydrogens is 618 g/mol. The van der Waals surface area contributed by atoms with Crippen LogP contribution in [0.3, 0.4) is 0 Å². The van der Waals surface area contributed by atoms with E-state index in [0.29, 0.717) is 10.6 Å². The summed E-state index contributed by atoms with van der Waals surface area (Å²) < 4.78 is 29.7. The third kappa shape index (κ3) is 8.77. The van der Waals surface area contributed by atoms with Crippen LogP contribution in [0.15, 0.2) is 102 Å². The summed E-state index contributed by atoms with van der Waals surface area (Å²) in [6.45, 7) is 10.8. The van der Waals surface area contributed by atoms with Crippen molar-refractivity contribution in [1.29, 1.82) is 0 Å². The molecule has 0 aromatic heterocycles. The number of halogens is 1. The van der Waals surface area contributed by atoms with Crippen molar-refractivity contribution in [2.45, 2.75) is 71.0 Å². The summed E-state index contributed by atoms with van der Waals surface area (Å²) in [5.41, 5.74) is 3.88. The first-order chi connectivity index (χ1) is 21.7. The van der Waals surface area contributed by atoms with E-state index >= 15 is 0 Å². The molecule has 242 valence electrons. The lowest BCUT2D eigenvalue weighted by Crippen LogP contribution is -2.56. The highest BCUT2D eigenvalue weighted by Crippen LogP contribution is 2.31. The smallest absolute Gasteiger partial charge is 0.264 e. The minimum Gasteiger partial charge on any atom is -0.350 e. The quantitative estimate of drug-likeness (QED) is 0.188. The molecule has 1 atom stereocenters. The standard InChI is InChI=1S/C37H42ClN3O4S/c1-26-15-19-30(20-16-26)24-40(34(36(43)39-37(4,5)6)23-29-11-8-7-9-12-29)35(42)25-41(33-14-10-13-32(38)28(33)3)46(44,45)31-21-17-27(2)18-22-31/h7-22,34H,23-25H2,1-6H3,(H,39,43). The van der Waals surface area contributed by atoms with Gasteiger partial charge in [0.2, 0.25) is 11.8 Å². The molecule has 4 rings (SSSR count). The number of anilines is 1. The van der Waals surface area contributed by atoms with Crippen LogP contribution in [0, 0.1) is 20.8 Å². The van der Waals surface area contributed by atoms with Crippen molar-refractivity contribution in [2.24, 2.45) is 0 Å². The molecule has 0 aliphatic rings. The van der Waals surface area contributed by atoms with E-state index in [1.165, 1.54) is 17.0 Å². The number of carbonyl (C=O) groups is 2. The summed E-state index contributed by atoms with van der Waals surface area (Å²) in [4.78, 5) is 30.2. The van der Waals surface area contributed by atoms with E-state index in [9.17, 15) is 18.0 Å². The van der Waals surface area contributed by atoms with Crippen molar-refractivity contribution in [3.8, 4) is 0 Å². The van der Waals surface area contributed by atoms with Crippen molar-refractivity contribution in [3.63, 3.8) is 0 Å². The third-order valence-corrected chi connectivity index (χ3v) is 9.82. The van der Waals surface area contributed by atoms with Crippen LogP contribution in [0.1, 0.15) is 48.6 Å². The summed E-state index contributed by atoms with van der Waals surface area (Å²) in [5.74, 6) is -0.857. The minimum atomic E-state index is -4.22. The molecule has 0 spiro atoms. The second-order valence-corrected chi connectivity index (χ2v) is 14.9. The maximum atomic E-state index is 14.6. The van der Waals surface area contributed by atoms with E-state index in [0.717, 1.165) is 26.6 Å². The predicted molar refractivity (Wildman–Crippen MR) is 185 cm³/mol. The molecule has 1 unspecified atom stereocenters. The van der Waals surface area contributed by atoms with Crippen molar-refractivity contribution in [1.82, 2.24) is 10.2 Å². The molecule has 46 heavy (non-hydrogen) atoms. The highest BCUT2D eigenvalue weighted by atomic mass is 35.5. The van der Waals surface area contributed by atoms with Crippen LogP contribution in [-0.4, -0.2) is 43.3 Å². The lowest BCUT2D eigenvalue weighted by atomic mass is 10.0. The number of amides is 2. The van der Waals surface area contributed by atoms with Crippen LogP contribution >= 0.6 is 11.6 Å². The number of nitrogens with zero attached hydrogens (tertiary/aromatic N) is 2. The zero-order chi connectivity index (χ0) is 33.6. The lowest BCUT2D eigenvalue weighted by molar-refractivity contribution is -0.140. The van der Waals surface area contributed by atoms with Crippen molar-refractivity contribution >= 4 is 39.1 Å². The molecule has 9 heteroatoms. The first-order valence-corrected chi connectivity index (χ1v) is 17.0. The molecule has 4 aromatic carbocycles. The Hall–Kier alpha value is -4.14. The van der Waals surface area contributed by atoms with E-state index < -0.39 is 34.1 Å². The summed E-state index contributed by atoms with van der Waals surface area (Å²) in [6, 6.07) is 27.7. The van der Waals surface area contributed by atoms with Crippen molar-refractivity contribution in [3.05, 3.63) is 130 Å².